The van der Waals surface area contributed by atoms with Gasteiger partial charge in [0.15, 0.2) is 11.8 Å². The molecule has 1 aromatic rings. The number of rotatable bonds is 9. The Labute approximate surface area is 202 Å². The highest BCUT2D eigenvalue weighted by molar-refractivity contribution is 14.0. The number of carbonyl (C=O) groups excluding carboxylic acids is 1. The molecule has 1 atom stereocenters. The number of nitrogens with one attached hydrogen (secondary N) is 3. The molecule has 9 nitrogen and oxygen atoms in total. The van der Waals surface area contributed by atoms with Crippen LogP contribution in [0.4, 0.5) is 0 Å². The molecule has 3 rings (SSSR count). The van der Waals surface area contributed by atoms with Crippen LogP contribution in [0.15, 0.2) is 4.99 Å². The number of aryl methyl sites for hydroxylation is 1. The van der Waals surface area contributed by atoms with Crippen molar-refractivity contribution in [3.8, 4) is 0 Å². The molecule has 176 valence electrons. The van der Waals surface area contributed by atoms with E-state index < -0.39 is 0 Å². The lowest BCUT2D eigenvalue weighted by Crippen LogP contribution is -2.47. The number of hydrogen-bond acceptors (Lipinski definition) is 5. The number of amides is 1. The first-order valence-corrected chi connectivity index (χ1v) is 11.4. The van der Waals surface area contributed by atoms with E-state index in [0.29, 0.717) is 32.0 Å². The second kappa shape index (κ2) is 13.9. The van der Waals surface area contributed by atoms with E-state index in [4.69, 9.17) is 4.74 Å². The van der Waals surface area contributed by atoms with Gasteiger partial charge in [0.05, 0.1) is 13.1 Å². The van der Waals surface area contributed by atoms with Gasteiger partial charge in [0.1, 0.15) is 12.4 Å². The number of halogens is 1. The van der Waals surface area contributed by atoms with Crippen LogP contribution < -0.4 is 16.0 Å². The topological polar surface area (TPSA) is 105 Å². The fraction of sp³-hybridized carbons (Fsp3) is 0.810. The summed E-state index contributed by atoms with van der Waals surface area (Å²) >= 11 is 0. The van der Waals surface area contributed by atoms with Crippen LogP contribution in [0.5, 0.6) is 0 Å². The molecule has 0 aromatic carbocycles. The maximum Gasteiger partial charge on any atom is 0.220 e. The quantitative estimate of drug-likeness (QED) is 0.189. The third-order valence-corrected chi connectivity index (χ3v) is 5.76. The zero-order valence-corrected chi connectivity index (χ0v) is 21.2. The van der Waals surface area contributed by atoms with Crippen LogP contribution in [-0.4, -0.2) is 59.4 Å². The van der Waals surface area contributed by atoms with Gasteiger partial charge in [0.2, 0.25) is 5.91 Å². The minimum Gasteiger partial charge on any atom is -0.377 e. The number of carbonyl (C=O) groups is 1. The van der Waals surface area contributed by atoms with E-state index in [1.165, 1.54) is 32.1 Å². The zero-order valence-electron chi connectivity index (χ0n) is 18.9. The minimum atomic E-state index is 0. The van der Waals surface area contributed by atoms with E-state index in [9.17, 15) is 4.79 Å². The van der Waals surface area contributed by atoms with Gasteiger partial charge in [-0.25, -0.2) is 9.67 Å². The Hall–Kier alpha value is -1.43. The smallest absolute Gasteiger partial charge is 0.220 e. The van der Waals surface area contributed by atoms with Crippen molar-refractivity contribution < 1.29 is 9.53 Å². The van der Waals surface area contributed by atoms with E-state index in [-0.39, 0.29) is 35.9 Å². The molecule has 1 aromatic heterocycles. The Morgan fingerprint density at radius 1 is 1.23 bits per heavy atom. The second-order valence-electron chi connectivity index (χ2n) is 8.26. The summed E-state index contributed by atoms with van der Waals surface area (Å²) in [4.78, 5) is 21.3. The van der Waals surface area contributed by atoms with Crippen LogP contribution in [0.25, 0.3) is 0 Å². The monoisotopic (exact) mass is 547 g/mol. The average Bonchev–Trinajstić information content (AvgIpc) is 3.14. The number of guanidine groups is 1. The van der Waals surface area contributed by atoms with Crippen LogP contribution in [0.3, 0.4) is 0 Å². The molecule has 1 aliphatic heterocycles. The van der Waals surface area contributed by atoms with Gasteiger partial charge in [0, 0.05) is 39.1 Å². The molecule has 1 amide bonds. The van der Waals surface area contributed by atoms with E-state index in [1.807, 2.05) is 4.68 Å². The van der Waals surface area contributed by atoms with E-state index in [1.54, 1.807) is 7.11 Å². The summed E-state index contributed by atoms with van der Waals surface area (Å²) in [5.74, 6) is 3.26. The third-order valence-electron chi connectivity index (χ3n) is 5.76. The van der Waals surface area contributed by atoms with Crippen LogP contribution in [0, 0.1) is 5.92 Å². The average molecular weight is 547 g/mol. The van der Waals surface area contributed by atoms with Gasteiger partial charge < -0.3 is 20.7 Å². The van der Waals surface area contributed by atoms with Crippen molar-refractivity contribution in [3.05, 3.63) is 11.6 Å². The molecule has 2 aliphatic rings. The number of aliphatic imine (C=N–C) groups is 1. The first-order valence-electron chi connectivity index (χ1n) is 11.4. The summed E-state index contributed by atoms with van der Waals surface area (Å²) in [6, 6.07) is 0.244. The van der Waals surface area contributed by atoms with Crippen molar-refractivity contribution >= 4 is 35.8 Å². The predicted octanol–water partition coefficient (Wildman–Crippen LogP) is 2.00. The summed E-state index contributed by atoms with van der Waals surface area (Å²) in [6.45, 7) is 5.17. The Morgan fingerprint density at radius 3 is 2.77 bits per heavy atom. The lowest BCUT2D eigenvalue weighted by atomic mass is 9.87. The molecule has 10 heteroatoms. The number of ether oxygens (including phenoxy) is 1. The molecule has 1 saturated carbocycles. The maximum absolute atomic E-state index is 12.1. The van der Waals surface area contributed by atoms with Crippen molar-refractivity contribution in [2.45, 2.75) is 77.5 Å². The molecule has 0 saturated heterocycles. The highest BCUT2D eigenvalue weighted by Gasteiger charge is 2.22. The third kappa shape index (κ3) is 8.55. The summed E-state index contributed by atoms with van der Waals surface area (Å²) in [5, 5.41) is 14.3. The molecule has 31 heavy (non-hydrogen) atoms. The number of aromatic nitrogens is 3. The zero-order chi connectivity index (χ0) is 21.2. The highest BCUT2D eigenvalue weighted by atomic mass is 127. The van der Waals surface area contributed by atoms with Gasteiger partial charge in [-0.3, -0.25) is 9.79 Å². The molecule has 1 unspecified atom stereocenters. The fourth-order valence-corrected chi connectivity index (χ4v) is 4.27. The normalized spacial score (nSPS) is 19.3. The van der Waals surface area contributed by atoms with Crippen molar-refractivity contribution in [2.24, 2.45) is 10.9 Å². The molecule has 0 bridgehead atoms. The Balaban J connectivity index is 0.00000341. The predicted molar refractivity (Wildman–Crippen MR) is 132 cm³/mol. The van der Waals surface area contributed by atoms with E-state index >= 15 is 0 Å². The van der Waals surface area contributed by atoms with E-state index in [0.717, 1.165) is 43.5 Å². The number of methoxy groups -OCH3 is 1. The number of nitrogens with zero attached hydrogens (tertiary/aromatic N) is 4. The van der Waals surface area contributed by atoms with Gasteiger partial charge in [-0.05, 0) is 32.1 Å². The maximum atomic E-state index is 12.1. The van der Waals surface area contributed by atoms with Gasteiger partial charge in [-0.2, -0.15) is 5.10 Å². The van der Waals surface area contributed by atoms with Gasteiger partial charge in [0.25, 0.3) is 0 Å². The van der Waals surface area contributed by atoms with Gasteiger partial charge in [-0.15, -0.1) is 24.0 Å². The molecule has 1 aliphatic carbocycles. The van der Waals surface area contributed by atoms with Crippen LogP contribution in [0.1, 0.15) is 63.5 Å². The van der Waals surface area contributed by atoms with Gasteiger partial charge >= 0.3 is 0 Å². The lowest BCUT2D eigenvalue weighted by Gasteiger charge is -2.25. The van der Waals surface area contributed by atoms with Crippen LogP contribution >= 0.6 is 24.0 Å². The molecular weight excluding hydrogens is 509 g/mol. The lowest BCUT2D eigenvalue weighted by molar-refractivity contribution is -0.122. The first-order chi connectivity index (χ1) is 14.7. The van der Waals surface area contributed by atoms with E-state index in [2.05, 4.69) is 37.9 Å². The van der Waals surface area contributed by atoms with Crippen LogP contribution in [-0.2, 0) is 29.1 Å². The minimum absolute atomic E-state index is 0. The SMILES string of the molecule is CCNC(=NCCNC(=O)CC1CCCCC1)NC1CCc2nc(COC)nn2C1.I. The molecular formula is C21H38IN7O2. The summed E-state index contributed by atoms with van der Waals surface area (Å²) in [5.41, 5.74) is 0. The fourth-order valence-electron chi connectivity index (χ4n) is 4.27. The Morgan fingerprint density at radius 2 is 2.03 bits per heavy atom. The number of hydrogen-bond donors (Lipinski definition) is 3. The molecule has 1 fully saturated rings. The largest absolute Gasteiger partial charge is 0.377 e. The molecule has 0 spiro atoms. The molecule has 3 N–H and O–H groups in total. The summed E-state index contributed by atoms with van der Waals surface area (Å²) in [7, 11) is 1.65. The molecule has 0 radical (unpaired) electrons. The Kier molecular flexibility index (Phi) is 11.6. The summed E-state index contributed by atoms with van der Waals surface area (Å²) < 4.78 is 7.09. The number of fused-ring (bicyclic) bond motifs is 1. The Bertz CT molecular complexity index is 704. The highest BCUT2D eigenvalue weighted by Crippen LogP contribution is 2.25. The molecule has 2 heterocycles. The van der Waals surface area contributed by atoms with Crippen molar-refractivity contribution in [1.82, 2.24) is 30.7 Å². The van der Waals surface area contributed by atoms with Gasteiger partial charge in [-0.1, -0.05) is 19.3 Å². The van der Waals surface area contributed by atoms with Crippen molar-refractivity contribution in [2.75, 3.05) is 26.7 Å². The van der Waals surface area contributed by atoms with Crippen molar-refractivity contribution in [1.29, 1.82) is 0 Å². The van der Waals surface area contributed by atoms with Crippen LogP contribution in [0.2, 0.25) is 0 Å². The second-order valence-corrected chi connectivity index (χ2v) is 8.26. The first kappa shape index (κ1) is 25.8. The summed E-state index contributed by atoms with van der Waals surface area (Å²) in [6.07, 6.45) is 8.77. The van der Waals surface area contributed by atoms with Crippen molar-refractivity contribution in [3.63, 3.8) is 0 Å². The standard InChI is InChI=1S/C21H37N7O2.HI/c1-3-22-21(24-12-11-23-20(29)13-16-7-5-4-6-8-16)25-17-9-10-19-26-18(15-30-2)27-28(19)14-17;/h16-17H,3-15H2,1-2H3,(H,23,29)(H2,22,24,25);1H.